The third kappa shape index (κ3) is 6.64. The Morgan fingerprint density at radius 1 is 1.25 bits per heavy atom. The standard InChI is InChI=1S/C26H40O6/c1-6-18(15-27)12-17(3)22-10-16(2)11-23(29)26(4,5)20-9-7-8-19(13-20)14-21(28)24(30)25(31)32-22/h7-9,12-13,16,18,21-24,27-30H,6,10-11,14-15H2,1-5H3/b17-12-/t16-,18-,21-,22?,23+,24+/m1/s1. The van der Waals surface area contributed by atoms with E-state index in [1.807, 2.05) is 65.0 Å². The van der Waals surface area contributed by atoms with E-state index >= 15 is 0 Å². The first-order valence-corrected chi connectivity index (χ1v) is 11.6. The molecule has 0 aromatic heterocycles. The van der Waals surface area contributed by atoms with Crippen LogP contribution >= 0.6 is 0 Å². The van der Waals surface area contributed by atoms with Gasteiger partial charge >= 0.3 is 5.97 Å². The summed E-state index contributed by atoms with van der Waals surface area (Å²) in [6, 6.07) is 7.56. The van der Waals surface area contributed by atoms with Crippen LogP contribution in [0.15, 0.2) is 35.9 Å². The fourth-order valence-corrected chi connectivity index (χ4v) is 4.25. The van der Waals surface area contributed by atoms with Gasteiger partial charge < -0.3 is 25.2 Å². The largest absolute Gasteiger partial charge is 0.456 e. The Kier molecular flexibility index (Phi) is 9.46. The highest BCUT2D eigenvalue weighted by molar-refractivity contribution is 5.75. The molecule has 0 fully saturated rings. The van der Waals surface area contributed by atoms with Crippen LogP contribution in [-0.2, 0) is 21.4 Å². The topological polar surface area (TPSA) is 107 Å². The van der Waals surface area contributed by atoms with Gasteiger partial charge in [0.15, 0.2) is 6.10 Å². The maximum Gasteiger partial charge on any atom is 0.338 e. The number of aliphatic hydroxyl groups excluding tert-OH is 4. The molecule has 0 aliphatic carbocycles. The van der Waals surface area contributed by atoms with Gasteiger partial charge in [0.25, 0.3) is 0 Å². The number of hydrogen-bond acceptors (Lipinski definition) is 6. The van der Waals surface area contributed by atoms with E-state index in [-0.39, 0.29) is 24.9 Å². The van der Waals surface area contributed by atoms with Crippen molar-refractivity contribution in [2.24, 2.45) is 11.8 Å². The second kappa shape index (κ2) is 11.4. The van der Waals surface area contributed by atoms with Gasteiger partial charge in [0.1, 0.15) is 6.10 Å². The van der Waals surface area contributed by atoms with Gasteiger partial charge in [0.05, 0.1) is 12.2 Å². The smallest absolute Gasteiger partial charge is 0.338 e. The Morgan fingerprint density at radius 2 is 1.94 bits per heavy atom. The average molecular weight is 449 g/mol. The number of aliphatic hydroxyl groups is 4. The van der Waals surface area contributed by atoms with Gasteiger partial charge in [-0.05, 0) is 48.8 Å². The van der Waals surface area contributed by atoms with Gasteiger partial charge in [-0.15, -0.1) is 0 Å². The zero-order valence-corrected chi connectivity index (χ0v) is 20.0. The molecule has 1 unspecified atom stereocenters. The van der Waals surface area contributed by atoms with Crippen LogP contribution in [0.5, 0.6) is 0 Å². The maximum absolute atomic E-state index is 12.7. The highest BCUT2D eigenvalue weighted by Gasteiger charge is 2.34. The minimum atomic E-state index is -1.66. The first-order valence-electron chi connectivity index (χ1n) is 11.6. The van der Waals surface area contributed by atoms with Crippen LogP contribution in [0, 0.1) is 11.8 Å². The van der Waals surface area contributed by atoms with Crippen LogP contribution in [0.25, 0.3) is 0 Å². The van der Waals surface area contributed by atoms with Crippen LogP contribution in [0.1, 0.15) is 65.0 Å². The van der Waals surface area contributed by atoms with E-state index in [1.165, 1.54) is 0 Å². The van der Waals surface area contributed by atoms with Gasteiger partial charge in [-0.25, -0.2) is 4.79 Å². The summed E-state index contributed by atoms with van der Waals surface area (Å²) in [6.45, 7) is 9.81. The molecule has 6 heteroatoms. The van der Waals surface area contributed by atoms with Crippen molar-refractivity contribution >= 4 is 5.97 Å². The second-order valence-electron chi connectivity index (χ2n) is 9.92. The predicted molar refractivity (Wildman–Crippen MR) is 124 cm³/mol. The van der Waals surface area contributed by atoms with E-state index in [0.717, 1.165) is 23.1 Å². The van der Waals surface area contributed by atoms with Crippen molar-refractivity contribution in [2.45, 2.75) is 90.1 Å². The van der Waals surface area contributed by atoms with Crippen LogP contribution in [0.3, 0.4) is 0 Å². The molecule has 2 rings (SSSR count). The lowest BCUT2D eigenvalue weighted by Gasteiger charge is -2.34. The number of hydrogen-bond donors (Lipinski definition) is 4. The third-order valence-corrected chi connectivity index (χ3v) is 6.82. The lowest BCUT2D eigenvalue weighted by atomic mass is 9.75. The summed E-state index contributed by atoms with van der Waals surface area (Å²) in [7, 11) is 0. The van der Waals surface area contributed by atoms with Gasteiger partial charge in [0, 0.05) is 24.4 Å². The van der Waals surface area contributed by atoms with Crippen LogP contribution in [-0.4, -0.2) is 57.4 Å². The van der Waals surface area contributed by atoms with Crippen molar-refractivity contribution in [3.63, 3.8) is 0 Å². The van der Waals surface area contributed by atoms with Crippen LogP contribution in [0.2, 0.25) is 0 Å². The highest BCUT2D eigenvalue weighted by Crippen LogP contribution is 2.33. The molecule has 4 N–H and O–H groups in total. The Labute approximate surface area is 191 Å². The normalized spacial score (nSPS) is 30.8. The molecule has 0 amide bonds. The first kappa shape index (κ1) is 26.5. The third-order valence-electron chi connectivity index (χ3n) is 6.82. The Bertz CT molecular complexity index is 782. The quantitative estimate of drug-likeness (QED) is 0.417. The van der Waals surface area contributed by atoms with Crippen molar-refractivity contribution < 1.29 is 30.0 Å². The minimum absolute atomic E-state index is 0.00393. The molecule has 0 saturated heterocycles. The number of ether oxygens (including phenoxy) is 1. The Morgan fingerprint density at radius 3 is 2.56 bits per heavy atom. The summed E-state index contributed by atoms with van der Waals surface area (Å²) < 4.78 is 5.66. The van der Waals surface area contributed by atoms with E-state index in [2.05, 4.69) is 0 Å². The minimum Gasteiger partial charge on any atom is -0.456 e. The molecule has 0 radical (unpaired) electrons. The summed E-state index contributed by atoms with van der Waals surface area (Å²) in [5.41, 5.74) is 1.99. The number of carbonyl (C=O) groups is 1. The van der Waals surface area contributed by atoms with E-state index in [9.17, 15) is 25.2 Å². The Hall–Kier alpha value is -1.73. The predicted octanol–water partition coefficient (Wildman–Crippen LogP) is 2.90. The molecular formula is C26H40O6. The van der Waals surface area contributed by atoms with Crippen LogP contribution in [0.4, 0.5) is 0 Å². The van der Waals surface area contributed by atoms with E-state index < -0.39 is 35.8 Å². The molecule has 32 heavy (non-hydrogen) atoms. The average Bonchev–Trinajstić information content (AvgIpc) is 2.75. The summed E-state index contributed by atoms with van der Waals surface area (Å²) in [6.07, 6.45) is -0.481. The zero-order chi connectivity index (χ0) is 24.1. The van der Waals surface area contributed by atoms with E-state index in [4.69, 9.17) is 4.74 Å². The summed E-state index contributed by atoms with van der Waals surface area (Å²) in [5, 5.41) is 41.6. The molecular weight excluding hydrogens is 408 g/mol. The molecule has 1 heterocycles. The number of carbonyl (C=O) groups excluding carboxylic acids is 1. The molecule has 1 aromatic rings. The Balaban J connectivity index is 2.42. The molecule has 6 nitrogen and oxygen atoms in total. The lowest BCUT2D eigenvalue weighted by Crippen LogP contribution is -2.40. The lowest BCUT2D eigenvalue weighted by molar-refractivity contribution is -0.164. The number of cyclic esters (lactones) is 1. The molecule has 0 spiro atoms. The van der Waals surface area contributed by atoms with Crippen molar-refractivity contribution in [2.75, 3.05) is 6.61 Å². The number of esters is 1. The van der Waals surface area contributed by atoms with Gasteiger partial charge in [-0.1, -0.05) is 58.0 Å². The number of benzene rings is 1. The summed E-state index contributed by atoms with van der Waals surface area (Å²) in [4.78, 5) is 12.7. The van der Waals surface area contributed by atoms with Crippen molar-refractivity contribution in [1.29, 1.82) is 0 Å². The van der Waals surface area contributed by atoms with E-state index in [0.29, 0.717) is 12.8 Å². The van der Waals surface area contributed by atoms with Gasteiger partial charge in [-0.3, -0.25) is 0 Å². The molecule has 6 atom stereocenters. The zero-order valence-electron chi connectivity index (χ0n) is 20.0. The molecule has 2 bridgehead atoms. The van der Waals surface area contributed by atoms with Gasteiger partial charge in [-0.2, -0.15) is 0 Å². The molecule has 1 aromatic carbocycles. The van der Waals surface area contributed by atoms with Crippen LogP contribution < -0.4 is 0 Å². The van der Waals surface area contributed by atoms with Crippen molar-refractivity contribution in [3.8, 4) is 0 Å². The molecule has 1 aliphatic rings. The summed E-state index contributed by atoms with van der Waals surface area (Å²) >= 11 is 0. The number of fused-ring (bicyclic) bond motifs is 2. The maximum atomic E-state index is 12.7. The fraction of sp³-hybridized carbons (Fsp3) is 0.654. The SMILES string of the molecule is CC[C@H](/C=C(/C)C1C[C@@H](C)C[C@H](O)C(C)(C)c2cccc(c2)C[C@@H](O)[C@H](O)C(=O)O1)CO. The van der Waals surface area contributed by atoms with Gasteiger partial charge in [0.2, 0.25) is 0 Å². The van der Waals surface area contributed by atoms with Crippen molar-refractivity contribution in [3.05, 3.63) is 47.0 Å². The summed E-state index contributed by atoms with van der Waals surface area (Å²) in [5.74, 6) is -0.899. The number of rotatable bonds is 4. The molecule has 0 saturated carbocycles. The molecule has 180 valence electrons. The fourth-order valence-electron chi connectivity index (χ4n) is 4.25. The molecule has 1 aliphatic heterocycles. The first-order chi connectivity index (χ1) is 15.0. The monoisotopic (exact) mass is 448 g/mol. The highest BCUT2D eigenvalue weighted by atomic mass is 16.6. The second-order valence-corrected chi connectivity index (χ2v) is 9.92. The van der Waals surface area contributed by atoms with Crippen molar-refractivity contribution in [1.82, 2.24) is 0 Å². The van der Waals surface area contributed by atoms with E-state index in [1.54, 1.807) is 0 Å².